The number of anilines is 1. The maximum Gasteiger partial charge on any atom is 0.200 e. The average Bonchev–Trinajstić information content (AvgIpc) is 3.24. The first kappa shape index (κ1) is 14.9. The maximum atomic E-state index is 4.39. The second kappa shape index (κ2) is 6.43. The van der Waals surface area contributed by atoms with Crippen LogP contribution in [-0.2, 0) is 0 Å². The first-order valence-electron chi connectivity index (χ1n) is 8.95. The van der Waals surface area contributed by atoms with Crippen molar-refractivity contribution < 1.29 is 0 Å². The lowest BCUT2D eigenvalue weighted by Gasteiger charge is -2.36. The molecule has 2 aliphatic rings. The SMILES string of the molecule is Cc1cc(NCC2CCN(C3CCCC3)CC2)c2nncn2n1. The lowest BCUT2D eigenvalue weighted by molar-refractivity contribution is 0.138. The minimum Gasteiger partial charge on any atom is -0.382 e. The van der Waals surface area contributed by atoms with Crippen LogP contribution in [0.25, 0.3) is 5.65 Å². The Hall–Kier alpha value is -1.69. The van der Waals surface area contributed by atoms with Gasteiger partial charge in [-0.1, -0.05) is 12.8 Å². The van der Waals surface area contributed by atoms with E-state index in [1.807, 2.05) is 6.92 Å². The minimum absolute atomic E-state index is 0.754. The van der Waals surface area contributed by atoms with Crippen LogP contribution in [-0.4, -0.2) is 50.4 Å². The fourth-order valence-corrected chi connectivity index (χ4v) is 4.13. The number of aromatic nitrogens is 4. The van der Waals surface area contributed by atoms with Crippen LogP contribution in [0, 0.1) is 12.8 Å². The molecule has 3 heterocycles. The molecule has 6 heteroatoms. The van der Waals surface area contributed by atoms with E-state index < -0.39 is 0 Å². The van der Waals surface area contributed by atoms with Crippen molar-refractivity contribution in [2.45, 2.75) is 51.5 Å². The first-order chi connectivity index (χ1) is 11.3. The lowest BCUT2D eigenvalue weighted by Crippen LogP contribution is -2.41. The predicted octanol–water partition coefficient (Wildman–Crippen LogP) is 2.50. The molecule has 1 N–H and O–H groups in total. The van der Waals surface area contributed by atoms with Gasteiger partial charge in [0.1, 0.15) is 6.33 Å². The summed E-state index contributed by atoms with van der Waals surface area (Å²) in [5, 5.41) is 16.1. The molecule has 23 heavy (non-hydrogen) atoms. The topological polar surface area (TPSA) is 58.3 Å². The van der Waals surface area contributed by atoms with Crippen LogP contribution in [0.15, 0.2) is 12.4 Å². The molecule has 0 unspecified atom stereocenters. The Balaban J connectivity index is 1.33. The Morgan fingerprint density at radius 2 is 1.96 bits per heavy atom. The maximum absolute atomic E-state index is 4.39. The van der Waals surface area contributed by atoms with E-state index in [4.69, 9.17) is 0 Å². The Labute approximate surface area is 137 Å². The quantitative estimate of drug-likeness (QED) is 0.939. The van der Waals surface area contributed by atoms with Crippen molar-refractivity contribution in [3.8, 4) is 0 Å². The molecule has 6 nitrogen and oxygen atoms in total. The van der Waals surface area contributed by atoms with E-state index in [1.54, 1.807) is 10.8 Å². The molecule has 0 spiro atoms. The molecular weight excluding hydrogens is 288 g/mol. The highest BCUT2D eigenvalue weighted by Gasteiger charge is 2.27. The number of rotatable bonds is 4. The normalized spacial score (nSPS) is 21.3. The molecule has 1 saturated heterocycles. The van der Waals surface area contributed by atoms with E-state index in [0.717, 1.165) is 35.5 Å². The zero-order chi connectivity index (χ0) is 15.6. The van der Waals surface area contributed by atoms with Crippen LogP contribution >= 0.6 is 0 Å². The number of aryl methyl sites for hydroxylation is 1. The molecule has 2 fully saturated rings. The van der Waals surface area contributed by atoms with Gasteiger partial charge in [0.2, 0.25) is 5.65 Å². The Bertz CT molecular complexity index is 652. The van der Waals surface area contributed by atoms with Gasteiger partial charge in [0.15, 0.2) is 0 Å². The summed E-state index contributed by atoms with van der Waals surface area (Å²) in [6.45, 7) is 5.56. The number of fused-ring (bicyclic) bond motifs is 1. The number of likely N-dealkylation sites (tertiary alicyclic amines) is 1. The van der Waals surface area contributed by atoms with Crippen LogP contribution in [0.3, 0.4) is 0 Å². The van der Waals surface area contributed by atoms with Crippen molar-refractivity contribution in [3.63, 3.8) is 0 Å². The minimum atomic E-state index is 0.754. The molecule has 1 aliphatic heterocycles. The largest absolute Gasteiger partial charge is 0.382 e. The van der Waals surface area contributed by atoms with Crippen LogP contribution in [0.4, 0.5) is 5.69 Å². The number of nitrogens with one attached hydrogen (secondary N) is 1. The number of hydrogen-bond acceptors (Lipinski definition) is 5. The molecule has 124 valence electrons. The van der Waals surface area contributed by atoms with Crippen LogP contribution in [0.2, 0.25) is 0 Å². The third-order valence-electron chi connectivity index (χ3n) is 5.46. The highest BCUT2D eigenvalue weighted by molar-refractivity contribution is 5.66. The summed E-state index contributed by atoms with van der Waals surface area (Å²) < 4.78 is 1.75. The smallest absolute Gasteiger partial charge is 0.200 e. The Morgan fingerprint density at radius 3 is 2.74 bits per heavy atom. The highest BCUT2D eigenvalue weighted by atomic mass is 15.3. The van der Waals surface area contributed by atoms with Gasteiger partial charge in [0.05, 0.1) is 11.4 Å². The molecule has 0 radical (unpaired) electrons. The zero-order valence-electron chi connectivity index (χ0n) is 13.9. The summed E-state index contributed by atoms with van der Waals surface area (Å²) in [7, 11) is 0. The van der Waals surface area contributed by atoms with E-state index in [0.29, 0.717) is 0 Å². The third-order valence-corrected chi connectivity index (χ3v) is 5.46. The molecular formula is C17H26N6. The Morgan fingerprint density at radius 1 is 1.17 bits per heavy atom. The fraction of sp³-hybridized carbons (Fsp3) is 0.706. The molecule has 1 aliphatic carbocycles. The summed E-state index contributed by atoms with van der Waals surface area (Å²) in [6.07, 6.45) is 9.97. The summed E-state index contributed by atoms with van der Waals surface area (Å²) >= 11 is 0. The number of nitrogens with zero attached hydrogens (tertiary/aromatic N) is 5. The molecule has 0 atom stereocenters. The van der Waals surface area contributed by atoms with Gasteiger partial charge in [-0.15, -0.1) is 10.2 Å². The van der Waals surface area contributed by atoms with Gasteiger partial charge in [0, 0.05) is 12.6 Å². The summed E-state index contributed by atoms with van der Waals surface area (Å²) in [6, 6.07) is 2.94. The zero-order valence-corrected chi connectivity index (χ0v) is 13.9. The van der Waals surface area contributed by atoms with E-state index in [9.17, 15) is 0 Å². The molecule has 0 aromatic carbocycles. The lowest BCUT2D eigenvalue weighted by atomic mass is 9.95. The van der Waals surface area contributed by atoms with Crippen molar-refractivity contribution in [2.75, 3.05) is 25.0 Å². The molecule has 1 saturated carbocycles. The predicted molar refractivity (Wildman–Crippen MR) is 90.6 cm³/mol. The highest BCUT2D eigenvalue weighted by Crippen LogP contribution is 2.28. The van der Waals surface area contributed by atoms with Crippen molar-refractivity contribution in [1.82, 2.24) is 24.7 Å². The van der Waals surface area contributed by atoms with Gasteiger partial charge in [-0.05, 0) is 57.7 Å². The number of piperidine rings is 1. The summed E-state index contributed by atoms with van der Waals surface area (Å²) in [5.41, 5.74) is 2.85. The fourth-order valence-electron chi connectivity index (χ4n) is 4.13. The van der Waals surface area contributed by atoms with E-state index in [1.165, 1.54) is 51.6 Å². The standard InChI is InChI=1S/C17H26N6/c1-13-10-16(17-20-19-12-23(17)21-13)18-11-14-6-8-22(9-7-14)15-4-2-3-5-15/h10,12,14-15,18H,2-9,11H2,1H3. The van der Waals surface area contributed by atoms with Gasteiger partial charge in [0.25, 0.3) is 0 Å². The second-order valence-electron chi connectivity index (χ2n) is 7.10. The second-order valence-corrected chi connectivity index (χ2v) is 7.10. The van der Waals surface area contributed by atoms with E-state index in [2.05, 4.69) is 31.6 Å². The first-order valence-corrected chi connectivity index (χ1v) is 8.95. The molecule has 0 bridgehead atoms. The molecule has 0 amide bonds. The molecule has 2 aromatic rings. The van der Waals surface area contributed by atoms with Gasteiger partial charge in [-0.25, -0.2) is 0 Å². The van der Waals surface area contributed by atoms with Gasteiger partial charge >= 0.3 is 0 Å². The monoisotopic (exact) mass is 314 g/mol. The van der Waals surface area contributed by atoms with Crippen LogP contribution in [0.1, 0.15) is 44.2 Å². The third kappa shape index (κ3) is 3.17. The number of hydrogen-bond donors (Lipinski definition) is 1. The van der Waals surface area contributed by atoms with E-state index >= 15 is 0 Å². The average molecular weight is 314 g/mol. The van der Waals surface area contributed by atoms with Crippen molar-refractivity contribution in [3.05, 3.63) is 18.1 Å². The molecule has 4 rings (SSSR count). The summed E-state index contributed by atoms with van der Waals surface area (Å²) in [5.74, 6) is 0.754. The van der Waals surface area contributed by atoms with Gasteiger partial charge < -0.3 is 10.2 Å². The van der Waals surface area contributed by atoms with Crippen molar-refractivity contribution in [1.29, 1.82) is 0 Å². The summed E-state index contributed by atoms with van der Waals surface area (Å²) in [4.78, 5) is 2.73. The van der Waals surface area contributed by atoms with E-state index in [-0.39, 0.29) is 0 Å². The van der Waals surface area contributed by atoms with Crippen LogP contribution < -0.4 is 5.32 Å². The van der Waals surface area contributed by atoms with Crippen molar-refractivity contribution >= 4 is 11.3 Å². The van der Waals surface area contributed by atoms with Gasteiger partial charge in [-0.3, -0.25) is 0 Å². The van der Waals surface area contributed by atoms with Gasteiger partial charge in [-0.2, -0.15) is 9.61 Å². The molecule has 2 aromatic heterocycles. The van der Waals surface area contributed by atoms with Crippen molar-refractivity contribution in [2.24, 2.45) is 5.92 Å². The van der Waals surface area contributed by atoms with Crippen LogP contribution in [0.5, 0.6) is 0 Å². The Kier molecular flexibility index (Phi) is 4.16.